The van der Waals surface area contributed by atoms with E-state index < -0.39 is 0 Å². The molecule has 1 aromatic rings. The molecule has 0 aromatic carbocycles. The predicted octanol–water partition coefficient (Wildman–Crippen LogP) is 4.09. The van der Waals surface area contributed by atoms with Gasteiger partial charge in [0.05, 0.1) is 0 Å². The predicted molar refractivity (Wildman–Crippen MR) is 94.3 cm³/mol. The fourth-order valence-electron chi connectivity index (χ4n) is 3.56. The van der Waals surface area contributed by atoms with Gasteiger partial charge in [-0.25, -0.2) is 0 Å². The third-order valence-corrected chi connectivity index (χ3v) is 5.66. The van der Waals surface area contributed by atoms with Crippen molar-refractivity contribution in [1.82, 2.24) is 10.2 Å². The van der Waals surface area contributed by atoms with E-state index in [0.717, 1.165) is 12.3 Å². The van der Waals surface area contributed by atoms with Crippen LogP contribution >= 0.6 is 11.3 Å². The molecule has 0 radical (unpaired) electrons. The second-order valence-corrected chi connectivity index (χ2v) is 8.15. The second kappa shape index (κ2) is 8.30. The summed E-state index contributed by atoms with van der Waals surface area (Å²) in [4.78, 5) is 5.59. The molecule has 1 aliphatic heterocycles. The first-order chi connectivity index (χ1) is 10.1. The van der Waals surface area contributed by atoms with Gasteiger partial charge in [-0.05, 0) is 77.6 Å². The van der Waals surface area contributed by atoms with Crippen LogP contribution in [0, 0.1) is 12.8 Å². The number of likely N-dealkylation sites (tertiary alicyclic amines) is 1. The standard InChI is InChI=1S/C18H32N2S/c1-5-10-20-11-6-7-17(13-20)16(4)19-14(2)12-18-9-8-15(3)21-18/h8-9,14,16-17,19H,5-7,10-13H2,1-4H3. The maximum absolute atomic E-state index is 3.85. The molecular formula is C18H32N2S. The maximum Gasteiger partial charge on any atom is 0.00896 e. The minimum atomic E-state index is 0.569. The van der Waals surface area contributed by atoms with Crippen molar-refractivity contribution in [3.05, 3.63) is 21.9 Å². The zero-order valence-corrected chi connectivity index (χ0v) is 15.0. The maximum atomic E-state index is 3.85. The molecule has 1 fully saturated rings. The minimum absolute atomic E-state index is 0.569. The van der Waals surface area contributed by atoms with E-state index in [4.69, 9.17) is 0 Å². The van der Waals surface area contributed by atoms with Gasteiger partial charge in [-0.3, -0.25) is 0 Å². The smallest absolute Gasteiger partial charge is 0.00896 e. The van der Waals surface area contributed by atoms with Crippen LogP contribution in [0.2, 0.25) is 0 Å². The lowest BCUT2D eigenvalue weighted by molar-refractivity contribution is 0.147. The summed E-state index contributed by atoms with van der Waals surface area (Å²) in [7, 11) is 0. The SMILES string of the molecule is CCCN1CCCC(C(C)NC(C)Cc2ccc(C)s2)C1. The molecule has 2 heterocycles. The van der Waals surface area contributed by atoms with E-state index in [-0.39, 0.29) is 0 Å². The Kier molecular flexibility index (Phi) is 6.72. The Morgan fingerprint density at radius 1 is 1.38 bits per heavy atom. The molecule has 21 heavy (non-hydrogen) atoms. The van der Waals surface area contributed by atoms with Crippen LogP contribution in [0.15, 0.2) is 12.1 Å². The zero-order chi connectivity index (χ0) is 15.2. The van der Waals surface area contributed by atoms with E-state index in [1.807, 2.05) is 11.3 Å². The quantitative estimate of drug-likeness (QED) is 0.816. The molecule has 120 valence electrons. The van der Waals surface area contributed by atoms with Crippen molar-refractivity contribution >= 4 is 11.3 Å². The van der Waals surface area contributed by atoms with Crippen LogP contribution in [0.1, 0.15) is 49.8 Å². The van der Waals surface area contributed by atoms with Crippen molar-refractivity contribution in [1.29, 1.82) is 0 Å². The molecule has 1 aromatic heterocycles. The van der Waals surface area contributed by atoms with Crippen LogP contribution in [0.25, 0.3) is 0 Å². The third-order valence-electron chi connectivity index (χ3n) is 4.64. The third kappa shape index (κ3) is 5.39. The van der Waals surface area contributed by atoms with E-state index in [1.54, 1.807) is 0 Å². The Balaban J connectivity index is 1.78. The van der Waals surface area contributed by atoms with Crippen LogP contribution in [-0.2, 0) is 6.42 Å². The molecule has 3 heteroatoms. The molecule has 0 aliphatic carbocycles. The van der Waals surface area contributed by atoms with Gasteiger partial charge in [0.25, 0.3) is 0 Å². The molecule has 2 nitrogen and oxygen atoms in total. The molecule has 1 N–H and O–H groups in total. The molecule has 0 saturated carbocycles. The lowest BCUT2D eigenvalue weighted by Gasteiger charge is -2.37. The average molecular weight is 309 g/mol. The van der Waals surface area contributed by atoms with E-state index in [9.17, 15) is 0 Å². The normalized spacial score (nSPS) is 23.1. The van der Waals surface area contributed by atoms with Gasteiger partial charge in [-0.15, -0.1) is 11.3 Å². The highest BCUT2D eigenvalue weighted by Crippen LogP contribution is 2.21. The van der Waals surface area contributed by atoms with Gasteiger partial charge in [0, 0.05) is 28.4 Å². The first-order valence-electron chi connectivity index (χ1n) is 8.62. The second-order valence-electron chi connectivity index (χ2n) is 6.78. The van der Waals surface area contributed by atoms with Crippen molar-refractivity contribution < 1.29 is 0 Å². The van der Waals surface area contributed by atoms with Gasteiger partial charge in [0.15, 0.2) is 0 Å². The number of rotatable bonds is 7. The van der Waals surface area contributed by atoms with Crippen LogP contribution in [-0.4, -0.2) is 36.6 Å². The summed E-state index contributed by atoms with van der Waals surface area (Å²) in [5.41, 5.74) is 0. The molecule has 3 atom stereocenters. The lowest BCUT2D eigenvalue weighted by Crippen LogP contribution is -2.47. The Morgan fingerprint density at radius 3 is 2.86 bits per heavy atom. The topological polar surface area (TPSA) is 15.3 Å². The van der Waals surface area contributed by atoms with Crippen LogP contribution in [0.4, 0.5) is 0 Å². The zero-order valence-electron chi connectivity index (χ0n) is 14.2. The molecule has 3 unspecified atom stereocenters. The summed E-state index contributed by atoms with van der Waals surface area (Å²) in [5.74, 6) is 0.817. The summed E-state index contributed by atoms with van der Waals surface area (Å²) >= 11 is 1.94. The van der Waals surface area contributed by atoms with Crippen LogP contribution < -0.4 is 5.32 Å². The number of aryl methyl sites for hydroxylation is 1. The molecule has 0 bridgehead atoms. The number of hydrogen-bond acceptors (Lipinski definition) is 3. The Hall–Kier alpha value is -0.380. The molecule has 1 saturated heterocycles. The molecular weight excluding hydrogens is 276 g/mol. The summed E-state index contributed by atoms with van der Waals surface area (Å²) in [6, 6.07) is 5.71. The number of piperidine rings is 1. The fourth-order valence-corrected chi connectivity index (χ4v) is 4.58. The highest BCUT2D eigenvalue weighted by molar-refractivity contribution is 7.11. The Bertz CT molecular complexity index is 413. The van der Waals surface area contributed by atoms with Gasteiger partial charge in [-0.1, -0.05) is 6.92 Å². The van der Waals surface area contributed by atoms with Gasteiger partial charge in [-0.2, -0.15) is 0 Å². The summed E-state index contributed by atoms with van der Waals surface area (Å²) in [5, 5.41) is 3.85. The minimum Gasteiger partial charge on any atom is -0.311 e. The van der Waals surface area contributed by atoms with Gasteiger partial charge in [0.1, 0.15) is 0 Å². The Morgan fingerprint density at radius 2 is 2.19 bits per heavy atom. The molecule has 0 spiro atoms. The van der Waals surface area contributed by atoms with E-state index >= 15 is 0 Å². The van der Waals surface area contributed by atoms with Crippen LogP contribution in [0.5, 0.6) is 0 Å². The van der Waals surface area contributed by atoms with Crippen molar-refractivity contribution in [2.45, 2.75) is 65.5 Å². The van der Waals surface area contributed by atoms with Crippen molar-refractivity contribution in [2.75, 3.05) is 19.6 Å². The molecule has 2 rings (SSSR count). The highest BCUT2D eigenvalue weighted by atomic mass is 32.1. The van der Waals surface area contributed by atoms with E-state index in [1.165, 1.54) is 48.7 Å². The van der Waals surface area contributed by atoms with E-state index in [0.29, 0.717) is 12.1 Å². The average Bonchev–Trinajstić information content (AvgIpc) is 2.84. The summed E-state index contributed by atoms with van der Waals surface area (Å²) < 4.78 is 0. The number of nitrogens with one attached hydrogen (secondary N) is 1. The van der Waals surface area contributed by atoms with Crippen molar-refractivity contribution in [3.8, 4) is 0 Å². The molecule has 0 amide bonds. The van der Waals surface area contributed by atoms with Gasteiger partial charge >= 0.3 is 0 Å². The molecule has 1 aliphatic rings. The fraction of sp³-hybridized carbons (Fsp3) is 0.778. The summed E-state index contributed by atoms with van der Waals surface area (Å²) in [6.45, 7) is 13.1. The first kappa shape index (κ1) is 17.0. The van der Waals surface area contributed by atoms with Crippen molar-refractivity contribution in [2.24, 2.45) is 5.92 Å². The lowest BCUT2D eigenvalue weighted by atomic mass is 9.91. The monoisotopic (exact) mass is 308 g/mol. The largest absolute Gasteiger partial charge is 0.311 e. The van der Waals surface area contributed by atoms with Gasteiger partial charge < -0.3 is 10.2 Å². The number of hydrogen-bond donors (Lipinski definition) is 1. The van der Waals surface area contributed by atoms with E-state index in [2.05, 4.69) is 50.0 Å². The number of thiophene rings is 1. The number of nitrogens with zero attached hydrogens (tertiary/aromatic N) is 1. The van der Waals surface area contributed by atoms with Gasteiger partial charge in [0.2, 0.25) is 0 Å². The van der Waals surface area contributed by atoms with Crippen molar-refractivity contribution in [3.63, 3.8) is 0 Å². The Labute approximate surface area is 134 Å². The van der Waals surface area contributed by atoms with Crippen LogP contribution in [0.3, 0.4) is 0 Å². The first-order valence-corrected chi connectivity index (χ1v) is 9.43. The highest BCUT2D eigenvalue weighted by Gasteiger charge is 2.24. The summed E-state index contributed by atoms with van der Waals surface area (Å²) in [6.07, 6.45) is 5.20.